The number of nitrogens with one attached hydrogen (secondary N) is 2. The lowest BCUT2D eigenvalue weighted by molar-refractivity contribution is -0.113. The van der Waals surface area contributed by atoms with E-state index in [1.807, 2.05) is 48.7 Å². The van der Waals surface area contributed by atoms with Gasteiger partial charge in [0.1, 0.15) is 5.75 Å². The lowest BCUT2D eigenvalue weighted by Gasteiger charge is -2.10. The van der Waals surface area contributed by atoms with Gasteiger partial charge in [0.15, 0.2) is 11.0 Å². The summed E-state index contributed by atoms with van der Waals surface area (Å²) in [5.74, 6) is 1.16. The monoisotopic (exact) mass is 465 g/mol. The summed E-state index contributed by atoms with van der Waals surface area (Å²) < 4.78 is 7.24. The van der Waals surface area contributed by atoms with Crippen LogP contribution >= 0.6 is 11.8 Å². The molecule has 0 unspecified atom stereocenters. The van der Waals surface area contributed by atoms with E-state index >= 15 is 0 Å². The van der Waals surface area contributed by atoms with Gasteiger partial charge in [-0.1, -0.05) is 35.5 Å². The zero-order valence-corrected chi connectivity index (χ0v) is 19.5. The van der Waals surface area contributed by atoms with Crippen molar-refractivity contribution in [3.63, 3.8) is 0 Å². The third-order valence-corrected chi connectivity index (χ3v) is 5.54. The van der Waals surface area contributed by atoms with Gasteiger partial charge in [-0.15, -0.1) is 16.8 Å². The SMILES string of the molecule is C=CCn1c(CNC(=O)c2cccc(C)c2)nnc1SCC(=O)Nc1ccc(OCC)cc1. The molecular formula is C24H27N5O3S. The van der Waals surface area contributed by atoms with Gasteiger partial charge >= 0.3 is 0 Å². The van der Waals surface area contributed by atoms with E-state index in [4.69, 9.17) is 4.74 Å². The van der Waals surface area contributed by atoms with Crippen molar-refractivity contribution in [3.8, 4) is 5.75 Å². The van der Waals surface area contributed by atoms with Crippen LogP contribution in [0.1, 0.15) is 28.7 Å². The van der Waals surface area contributed by atoms with Crippen LogP contribution in [0.4, 0.5) is 5.69 Å². The fourth-order valence-electron chi connectivity index (χ4n) is 3.05. The fourth-order valence-corrected chi connectivity index (χ4v) is 3.81. The number of benzene rings is 2. The Kier molecular flexibility index (Phi) is 8.65. The van der Waals surface area contributed by atoms with E-state index in [0.29, 0.717) is 35.4 Å². The highest BCUT2D eigenvalue weighted by molar-refractivity contribution is 7.99. The molecule has 2 aromatic carbocycles. The number of nitrogens with zero attached hydrogens (tertiary/aromatic N) is 3. The molecule has 0 saturated heterocycles. The molecule has 0 radical (unpaired) electrons. The van der Waals surface area contributed by atoms with E-state index < -0.39 is 0 Å². The molecule has 172 valence electrons. The van der Waals surface area contributed by atoms with Crippen LogP contribution in [-0.2, 0) is 17.9 Å². The Morgan fingerprint density at radius 2 is 1.97 bits per heavy atom. The molecule has 0 saturated carbocycles. The zero-order chi connectivity index (χ0) is 23.6. The van der Waals surface area contributed by atoms with Crippen molar-refractivity contribution in [3.05, 3.63) is 78.1 Å². The van der Waals surface area contributed by atoms with Crippen LogP contribution in [0.2, 0.25) is 0 Å². The molecule has 8 nitrogen and oxygen atoms in total. The van der Waals surface area contributed by atoms with Crippen LogP contribution in [-0.4, -0.2) is 38.9 Å². The number of carbonyl (C=O) groups is 2. The zero-order valence-electron chi connectivity index (χ0n) is 18.7. The Hall–Kier alpha value is -3.59. The molecule has 9 heteroatoms. The van der Waals surface area contributed by atoms with Crippen molar-refractivity contribution >= 4 is 29.3 Å². The summed E-state index contributed by atoms with van der Waals surface area (Å²) in [6.45, 7) is 8.90. The first-order valence-corrected chi connectivity index (χ1v) is 11.5. The van der Waals surface area contributed by atoms with Gasteiger partial charge in [-0.3, -0.25) is 9.59 Å². The third kappa shape index (κ3) is 6.95. The molecule has 2 N–H and O–H groups in total. The summed E-state index contributed by atoms with van der Waals surface area (Å²) in [4.78, 5) is 24.8. The van der Waals surface area contributed by atoms with E-state index in [0.717, 1.165) is 11.3 Å². The first kappa shape index (κ1) is 24.1. The maximum absolute atomic E-state index is 12.4. The minimum atomic E-state index is -0.184. The number of hydrogen-bond donors (Lipinski definition) is 2. The molecule has 0 aliphatic heterocycles. The molecule has 3 rings (SSSR count). The number of anilines is 1. The van der Waals surface area contributed by atoms with Gasteiger partial charge in [0.2, 0.25) is 5.91 Å². The van der Waals surface area contributed by atoms with Gasteiger partial charge in [-0.05, 0) is 50.2 Å². The normalized spacial score (nSPS) is 10.5. The highest BCUT2D eigenvalue weighted by atomic mass is 32.2. The standard InChI is InChI=1S/C24H27N5O3S/c1-4-13-29-21(15-25-23(31)18-8-6-7-17(3)14-18)27-28-24(29)33-16-22(30)26-19-9-11-20(12-10-19)32-5-2/h4,6-12,14H,1,5,13,15-16H2,2-3H3,(H,25,31)(H,26,30). The van der Waals surface area contributed by atoms with Gasteiger partial charge in [0, 0.05) is 17.8 Å². The molecule has 2 amide bonds. The molecule has 0 fully saturated rings. The van der Waals surface area contributed by atoms with Gasteiger partial charge in [0.25, 0.3) is 5.91 Å². The highest BCUT2D eigenvalue weighted by Crippen LogP contribution is 2.19. The highest BCUT2D eigenvalue weighted by Gasteiger charge is 2.15. The van der Waals surface area contributed by atoms with E-state index in [2.05, 4.69) is 27.4 Å². The number of amides is 2. The quantitative estimate of drug-likeness (QED) is 0.330. The molecule has 0 aliphatic rings. The minimum Gasteiger partial charge on any atom is -0.494 e. The van der Waals surface area contributed by atoms with Crippen molar-refractivity contribution in [1.82, 2.24) is 20.1 Å². The summed E-state index contributed by atoms with van der Waals surface area (Å²) in [5.41, 5.74) is 2.29. The average Bonchev–Trinajstić information content (AvgIpc) is 3.19. The number of carbonyl (C=O) groups excluding carboxylic acids is 2. The molecule has 0 aliphatic carbocycles. The van der Waals surface area contributed by atoms with Crippen molar-refractivity contribution in [2.45, 2.75) is 32.1 Å². The average molecular weight is 466 g/mol. The Bertz CT molecular complexity index is 1110. The molecule has 0 atom stereocenters. The number of ether oxygens (including phenoxy) is 1. The van der Waals surface area contributed by atoms with Gasteiger partial charge in [0.05, 0.1) is 18.9 Å². The van der Waals surface area contributed by atoms with Gasteiger partial charge < -0.3 is 19.9 Å². The van der Waals surface area contributed by atoms with Crippen LogP contribution in [0.15, 0.2) is 66.3 Å². The molecule has 0 bridgehead atoms. The smallest absolute Gasteiger partial charge is 0.251 e. The van der Waals surface area contributed by atoms with Crippen molar-refractivity contribution in [2.75, 3.05) is 17.7 Å². The van der Waals surface area contributed by atoms with E-state index in [-0.39, 0.29) is 24.1 Å². The number of thioether (sulfide) groups is 1. The Morgan fingerprint density at radius 3 is 2.67 bits per heavy atom. The van der Waals surface area contributed by atoms with Crippen molar-refractivity contribution in [1.29, 1.82) is 0 Å². The first-order valence-electron chi connectivity index (χ1n) is 10.5. The Morgan fingerprint density at radius 1 is 1.18 bits per heavy atom. The van der Waals surface area contributed by atoms with Gasteiger partial charge in [-0.25, -0.2) is 0 Å². The van der Waals surface area contributed by atoms with Crippen molar-refractivity contribution in [2.24, 2.45) is 0 Å². The predicted molar refractivity (Wildman–Crippen MR) is 130 cm³/mol. The van der Waals surface area contributed by atoms with Crippen LogP contribution in [0.5, 0.6) is 5.75 Å². The Labute approximate surface area is 197 Å². The molecule has 1 heterocycles. The maximum atomic E-state index is 12.4. The third-order valence-electron chi connectivity index (χ3n) is 4.57. The second kappa shape index (κ2) is 11.9. The molecule has 0 spiro atoms. The number of allylic oxidation sites excluding steroid dienone is 1. The van der Waals surface area contributed by atoms with Crippen LogP contribution < -0.4 is 15.4 Å². The summed E-state index contributed by atoms with van der Waals surface area (Å²) in [7, 11) is 0. The predicted octanol–water partition coefficient (Wildman–Crippen LogP) is 3.83. The molecule has 1 aromatic heterocycles. The van der Waals surface area contributed by atoms with Crippen molar-refractivity contribution < 1.29 is 14.3 Å². The Balaban J connectivity index is 1.57. The first-order chi connectivity index (χ1) is 16.0. The molecule has 33 heavy (non-hydrogen) atoms. The van der Waals surface area contributed by atoms with E-state index in [1.54, 1.807) is 24.3 Å². The second-order valence-corrected chi connectivity index (χ2v) is 8.09. The lowest BCUT2D eigenvalue weighted by Crippen LogP contribution is -2.25. The largest absolute Gasteiger partial charge is 0.494 e. The van der Waals surface area contributed by atoms with E-state index in [1.165, 1.54) is 11.8 Å². The van der Waals surface area contributed by atoms with Gasteiger partial charge in [-0.2, -0.15) is 0 Å². The van der Waals surface area contributed by atoms with E-state index in [9.17, 15) is 9.59 Å². The van der Waals surface area contributed by atoms with Crippen LogP contribution in [0.3, 0.4) is 0 Å². The minimum absolute atomic E-state index is 0.161. The number of rotatable bonds is 11. The summed E-state index contributed by atoms with van der Waals surface area (Å²) >= 11 is 1.27. The number of aromatic nitrogens is 3. The van der Waals surface area contributed by atoms with Crippen LogP contribution in [0.25, 0.3) is 0 Å². The summed E-state index contributed by atoms with van der Waals surface area (Å²) in [6.07, 6.45) is 1.72. The second-order valence-electron chi connectivity index (χ2n) is 7.14. The molecule has 3 aromatic rings. The summed E-state index contributed by atoms with van der Waals surface area (Å²) in [5, 5.41) is 14.7. The number of hydrogen-bond acceptors (Lipinski definition) is 6. The lowest BCUT2D eigenvalue weighted by atomic mass is 10.1. The number of aryl methyl sites for hydroxylation is 1. The molecular weight excluding hydrogens is 438 g/mol. The van der Waals surface area contributed by atoms with Crippen LogP contribution in [0, 0.1) is 6.92 Å². The summed E-state index contributed by atoms with van der Waals surface area (Å²) in [6, 6.07) is 14.6. The topological polar surface area (TPSA) is 98.1 Å². The fraction of sp³-hybridized carbons (Fsp3) is 0.250. The maximum Gasteiger partial charge on any atom is 0.251 e.